The number of benzene rings is 1. The fourth-order valence-electron chi connectivity index (χ4n) is 1.36. The Balaban J connectivity index is 2.29. The lowest BCUT2D eigenvalue weighted by molar-refractivity contribution is 0.285. The van der Waals surface area contributed by atoms with Crippen molar-refractivity contribution in [1.82, 2.24) is 0 Å². The third kappa shape index (κ3) is 5.14. The minimum absolute atomic E-state index is 0.246. The van der Waals surface area contributed by atoms with Crippen molar-refractivity contribution >= 4 is 5.69 Å². The highest BCUT2D eigenvalue weighted by molar-refractivity contribution is 5.56. The van der Waals surface area contributed by atoms with Gasteiger partial charge in [-0.1, -0.05) is 24.3 Å². The van der Waals surface area contributed by atoms with Crippen LogP contribution in [-0.4, -0.2) is 18.3 Å². The molecule has 0 bridgehead atoms. The molecule has 1 aromatic carbocycles. The van der Waals surface area contributed by atoms with Crippen LogP contribution in [0.5, 0.6) is 5.75 Å². The summed E-state index contributed by atoms with van der Waals surface area (Å²) in [6.45, 7) is 0.696. The second kappa shape index (κ2) is 8.31. The number of ether oxygens (including phenoxy) is 1. The monoisotopic (exact) mass is 233 g/mol. The van der Waals surface area contributed by atoms with Crippen LogP contribution in [0.1, 0.15) is 19.3 Å². The lowest BCUT2D eigenvalue weighted by Gasteiger charge is -1.99. The highest BCUT2D eigenvalue weighted by atomic mass is 16.5. The maximum absolute atomic E-state index is 8.72. The van der Waals surface area contributed by atoms with Crippen LogP contribution in [0.4, 0.5) is 5.69 Å². The molecule has 0 heterocycles. The van der Waals surface area contributed by atoms with E-state index in [-0.39, 0.29) is 6.61 Å². The lowest BCUT2D eigenvalue weighted by Crippen LogP contribution is -1.93. The predicted molar refractivity (Wildman–Crippen MR) is 66.8 cm³/mol. The first-order valence-electron chi connectivity index (χ1n) is 5.71. The lowest BCUT2D eigenvalue weighted by atomic mass is 10.2. The van der Waals surface area contributed by atoms with Crippen LogP contribution < -0.4 is 4.74 Å². The molecule has 1 N–H and O–H groups in total. The van der Waals surface area contributed by atoms with Crippen molar-refractivity contribution in [3.63, 3.8) is 0 Å². The fraction of sp³-hybridized carbons (Fsp3) is 0.385. The van der Waals surface area contributed by atoms with Crippen molar-refractivity contribution in [2.24, 2.45) is 0 Å². The van der Waals surface area contributed by atoms with E-state index in [4.69, 9.17) is 15.2 Å². The van der Waals surface area contributed by atoms with E-state index in [1.807, 2.05) is 18.2 Å². The molecule has 0 radical (unpaired) electrons. The molecule has 90 valence electrons. The third-order valence-electron chi connectivity index (χ3n) is 2.25. The molecule has 17 heavy (non-hydrogen) atoms. The van der Waals surface area contributed by atoms with E-state index in [9.17, 15) is 0 Å². The maximum Gasteiger partial charge on any atom is 0.426 e. The maximum atomic E-state index is 8.72. The summed E-state index contributed by atoms with van der Waals surface area (Å²) in [5.41, 5.74) is 0.432. The molecule has 0 saturated heterocycles. The number of allylic oxidation sites excluding steroid dienone is 1. The smallest absolute Gasteiger partial charge is 0.426 e. The second-order valence-corrected chi connectivity index (χ2v) is 3.57. The van der Waals surface area contributed by atoms with E-state index < -0.39 is 0 Å². The van der Waals surface area contributed by atoms with Crippen molar-refractivity contribution in [3.8, 4) is 5.75 Å². The number of aliphatic hydroxyl groups is 1. The van der Waals surface area contributed by atoms with E-state index in [0.717, 1.165) is 19.3 Å². The summed E-state index contributed by atoms with van der Waals surface area (Å²) in [7, 11) is 0. The van der Waals surface area contributed by atoms with E-state index in [1.165, 1.54) is 0 Å². The Bertz CT molecular complexity index is 397. The van der Waals surface area contributed by atoms with Crippen LogP contribution in [0.15, 0.2) is 36.4 Å². The highest BCUT2D eigenvalue weighted by Crippen LogP contribution is 2.26. The molecule has 0 spiro atoms. The molecule has 0 fully saturated rings. The summed E-state index contributed by atoms with van der Waals surface area (Å²) < 4.78 is 5.44. The van der Waals surface area contributed by atoms with Gasteiger partial charge in [-0.2, -0.15) is 0 Å². The molecule has 4 heteroatoms. The van der Waals surface area contributed by atoms with Gasteiger partial charge in [-0.3, -0.25) is 0 Å². The van der Waals surface area contributed by atoms with Crippen molar-refractivity contribution in [2.75, 3.05) is 13.2 Å². The first kappa shape index (κ1) is 13.2. The number of unbranched alkanes of at least 4 members (excludes halogenated alkanes) is 2. The SMILES string of the molecule is N#[N+]c1ccccc1OC/C=C/CCCCO. The second-order valence-electron chi connectivity index (χ2n) is 3.57. The minimum Gasteiger partial charge on any atom is -0.482 e. The Morgan fingerprint density at radius 3 is 2.82 bits per heavy atom. The molecule has 4 nitrogen and oxygen atoms in total. The molecule has 0 saturated carbocycles. The van der Waals surface area contributed by atoms with E-state index in [0.29, 0.717) is 18.0 Å². The van der Waals surface area contributed by atoms with Crippen molar-refractivity contribution in [3.05, 3.63) is 41.4 Å². The Morgan fingerprint density at radius 1 is 1.24 bits per heavy atom. The fourth-order valence-corrected chi connectivity index (χ4v) is 1.36. The first-order valence-corrected chi connectivity index (χ1v) is 5.71. The number of nitrogens with zero attached hydrogens (tertiary/aromatic N) is 2. The average Bonchev–Trinajstić information content (AvgIpc) is 2.38. The van der Waals surface area contributed by atoms with Crippen molar-refractivity contribution < 1.29 is 9.84 Å². The summed E-state index contributed by atoms with van der Waals surface area (Å²) in [6.07, 6.45) is 6.70. The molecule has 0 aliphatic heterocycles. The van der Waals surface area contributed by atoms with Crippen LogP contribution >= 0.6 is 0 Å². The third-order valence-corrected chi connectivity index (χ3v) is 2.25. The van der Waals surface area contributed by atoms with Crippen LogP contribution in [-0.2, 0) is 0 Å². The van der Waals surface area contributed by atoms with E-state index >= 15 is 0 Å². The zero-order valence-electron chi connectivity index (χ0n) is 9.75. The van der Waals surface area contributed by atoms with Gasteiger partial charge < -0.3 is 9.84 Å². The van der Waals surface area contributed by atoms with Crippen LogP contribution in [0, 0.1) is 5.39 Å². The molecular weight excluding hydrogens is 216 g/mol. The van der Waals surface area contributed by atoms with Gasteiger partial charge in [0.05, 0.1) is 0 Å². The Labute approximate surface area is 101 Å². The normalized spacial score (nSPS) is 10.4. The topological polar surface area (TPSA) is 57.6 Å². The molecule has 0 aliphatic rings. The Hall–Kier alpha value is -1.86. The average molecular weight is 233 g/mol. The Kier molecular flexibility index (Phi) is 6.46. The number of aliphatic hydroxyl groups excluding tert-OH is 1. The number of hydrogen-bond acceptors (Lipinski definition) is 3. The van der Waals surface area contributed by atoms with Gasteiger partial charge in [-0.05, 0) is 25.3 Å². The zero-order chi connectivity index (χ0) is 12.3. The minimum atomic E-state index is 0.246. The van der Waals surface area contributed by atoms with Gasteiger partial charge in [-0.25, -0.2) is 0 Å². The number of para-hydroxylation sites is 1. The van der Waals surface area contributed by atoms with Crippen molar-refractivity contribution in [2.45, 2.75) is 19.3 Å². The van der Waals surface area contributed by atoms with Gasteiger partial charge in [-0.15, -0.1) is 0 Å². The van der Waals surface area contributed by atoms with Crippen LogP contribution in [0.25, 0.3) is 4.98 Å². The molecule has 0 atom stereocenters. The zero-order valence-corrected chi connectivity index (χ0v) is 9.75. The predicted octanol–water partition coefficient (Wildman–Crippen LogP) is 3.27. The molecular formula is C13H17N2O2+. The first-order chi connectivity index (χ1) is 8.38. The van der Waals surface area contributed by atoms with E-state index in [2.05, 4.69) is 4.98 Å². The molecule has 1 aromatic rings. The van der Waals surface area contributed by atoms with Crippen LogP contribution in [0.3, 0.4) is 0 Å². The quantitative estimate of drug-likeness (QED) is 0.446. The van der Waals surface area contributed by atoms with Crippen molar-refractivity contribution in [1.29, 1.82) is 5.39 Å². The summed E-state index contributed by atoms with van der Waals surface area (Å²) in [4.78, 5) is 3.13. The molecule has 1 rings (SSSR count). The number of diazo groups is 1. The summed E-state index contributed by atoms with van der Waals surface area (Å²) in [5, 5.41) is 17.3. The van der Waals surface area contributed by atoms with Gasteiger partial charge >= 0.3 is 5.69 Å². The summed E-state index contributed by atoms with van der Waals surface area (Å²) in [6, 6.07) is 7.05. The van der Waals surface area contributed by atoms with Gasteiger partial charge in [0.2, 0.25) is 11.1 Å². The molecule has 0 aliphatic carbocycles. The van der Waals surface area contributed by atoms with Gasteiger partial charge in [0, 0.05) is 12.7 Å². The van der Waals surface area contributed by atoms with E-state index in [1.54, 1.807) is 18.2 Å². The number of rotatable bonds is 7. The van der Waals surface area contributed by atoms with Crippen LogP contribution in [0.2, 0.25) is 0 Å². The highest BCUT2D eigenvalue weighted by Gasteiger charge is 2.12. The molecule has 0 amide bonds. The van der Waals surface area contributed by atoms with Gasteiger partial charge in [0.15, 0.2) is 4.98 Å². The molecule has 0 unspecified atom stereocenters. The molecule has 0 aromatic heterocycles. The largest absolute Gasteiger partial charge is 0.482 e. The standard InChI is InChI=1S/C13H17N2O2/c14-15-12-8-4-5-9-13(12)17-11-7-3-1-2-6-10-16/h3-5,7-9,16H,1-2,6,10-11H2/q+1/b7-3+. The summed E-state index contributed by atoms with van der Waals surface area (Å²) >= 11 is 0. The number of hydrogen-bond donors (Lipinski definition) is 1. The summed E-state index contributed by atoms with van der Waals surface area (Å²) in [5.74, 6) is 0.565. The van der Waals surface area contributed by atoms with Gasteiger partial charge in [0.1, 0.15) is 6.61 Å². The van der Waals surface area contributed by atoms with Gasteiger partial charge in [0.25, 0.3) is 0 Å². The Morgan fingerprint density at radius 2 is 2.06 bits per heavy atom.